The summed E-state index contributed by atoms with van der Waals surface area (Å²) < 4.78 is 40.4. The number of carbonyl (C=O) groups is 1. The zero-order chi connectivity index (χ0) is 28.5. The number of anilines is 1. The monoisotopic (exact) mass is 561 g/mol. The number of fused-ring (bicyclic) bond motifs is 1. The molecule has 1 aromatic heterocycles. The number of H-pyrrole nitrogens is 1. The summed E-state index contributed by atoms with van der Waals surface area (Å²) in [4.78, 5) is 16.8. The second-order valence-electron chi connectivity index (χ2n) is 11.1. The number of hydrogen-bond acceptors (Lipinski definition) is 5. The molecule has 1 saturated heterocycles. The second-order valence-corrected chi connectivity index (χ2v) is 12.8. The molecule has 9 heteroatoms. The van der Waals surface area contributed by atoms with Crippen LogP contribution in [-0.4, -0.2) is 45.7 Å². The van der Waals surface area contributed by atoms with Crippen molar-refractivity contribution in [3.05, 3.63) is 78.0 Å². The lowest BCUT2D eigenvalue weighted by Gasteiger charge is -2.23. The van der Waals surface area contributed by atoms with Crippen LogP contribution < -0.4 is 14.8 Å². The molecule has 8 nitrogen and oxygen atoms in total. The van der Waals surface area contributed by atoms with Crippen LogP contribution in [0.15, 0.2) is 71.6 Å². The van der Waals surface area contributed by atoms with E-state index in [0.717, 1.165) is 24.0 Å². The average Bonchev–Trinajstić information content (AvgIpc) is 3.32. The maximum Gasteiger partial charge on any atom is 0.268 e. The molecule has 40 heavy (non-hydrogen) atoms. The van der Waals surface area contributed by atoms with Crippen molar-refractivity contribution in [3.63, 3.8) is 0 Å². The van der Waals surface area contributed by atoms with E-state index in [9.17, 15) is 13.2 Å². The van der Waals surface area contributed by atoms with Gasteiger partial charge in [0.15, 0.2) is 0 Å². The molecule has 210 valence electrons. The Morgan fingerprint density at radius 2 is 1.73 bits per heavy atom. The van der Waals surface area contributed by atoms with E-state index < -0.39 is 10.0 Å². The molecule has 4 aromatic rings. The molecular formula is C31H35N3O5S. The van der Waals surface area contributed by atoms with Gasteiger partial charge in [-0.25, -0.2) is 8.42 Å². The number of rotatable bonds is 7. The molecule has 0 unspecified atom stereocenters. The summed E-state index contributed by atoms with van der Waals surface area (Å²) in [5, 5.41) is 3.74. The van der Waals surface area contributed by atoms with Crippen LogP contribution in [0.4, 0.5) is 5.69 Å². The minimum Gasteiger partial charge on any atom is -0.497 e. The first-order valence-corrected chi connectivity index (χ1v) is 14.9. The lowest BCUT2D eigenvalue weighted by Crippen LogP contribution is -2.39. The van der Waals surface area contributed by atoms with Gasteiger partial charge in [-0.1, -0.05) is 45.0 Å². The highest BCUT2D eigenvalue weighted by Crippen LogP contribution is 2.36. The number of sulfonamides is 1. The summed E-state index contributed by atoms with van der Waals surface area (Å²) in [6.07, 6.45) is 1.48. The first-order valence-electron chi connectivity index (χ1n) is 13.4. The standard InChI is InChI=1S/C31H35N3O5S/c1-31(2,3)21-8-10-23(11-9-21)34-40(36,37)25-12-13-27-26(19-25)28(20-6-5-7-24(18-20)38-4)29(33-27)30(35)32-22-14-16-39-17-15-22/h5-13,18-19,22,33-34H,14-17H2,1-4H3,(H,32,35). The lowest BCUT2D eigenvalue weighted by atomic mass is 9.87. The Morgan fingerprint density at radius 1 is 1.00 bits per heavy atom. The maximum absolute atomic E-state index is 13.5. The van der Waals surface area contributed by atoms with Gasteiger partial charge < -0.3 is 19.8 Å². The Labute approximate surface area is 235 Å². The summed E-state index contributed by atoms with van der Waals surface area (Å²) in [6.45, 7) is 7.53. The predicted octanol–water partition coefficient (Wildman–Crippen LogP) is 5.85. The highest BCUT2D eigenvalue weighted by molar-refractivity contribution is 7.92. The molecule has 0 saturated carbocycles. The molecular weight excluding hydrogens is 526 g/mol. The first-order chi connectivity index (χ1) is 19.0. The highest BCUT2D eigenvalue weighted by atomic mass is 32.2. The summed E-state index contributed by atoms with van der Waals surface area (Å²) in [6, 6.07) is 19.6. The van der Waals surface area contributed by atoms with E-state index in [-0.39, 0.29) is 22.3 Å². The fourth-order valence-electron chi connectivity index (χ4n) is 4.94. The largest absolute Gasteiger partial charge is 0.497 e. The fourth-order valence-corrected chi connectivity index (χ4v) is 6.02. The van der Waals surface area contributed by atoms with E-state index in [4.69, 9.17) is 9.47 Å². The van der Waals surface area contributed by atoms with Gasteiger partial charge in [-0.3, -0.25) is 9.52 Å². The summed E-state index contributed by atoms with van der Waals surface area (Å²) >= 11 is 0. The van der Waals surface area contributed by atoms with Crippen LogP contribution in [0, 0.1) is 0 Å². The Bertz CT molecular complexity index is 1630. The van der Waals surface area contributed by atoms with Crippen molar-refractivity contribution < 1.29 is 22.7 Å². The third kappa shape index (κ3) is 5.85. The zero-order valence-corrected chi connectivity index (χ0v) is 24.0. The summed E-state index contributed by atoms with van der Waals surface area (Å²) in [5.41, 5.74) is 3.93. The lowest BCUT2D eigenvalue weighted by molar-refractivity contribution is 0.0695. The van der Waals surface area contributed by atoms with Crippen LogP contribution in [0.3, 0.4) is 0 Å². The number of amides is 1. The molecule has 0 aliphatic carbocycles. The number of benzene rings is 3. The van der Waals surface area contributed by atoms with Crippen LogP contribution in [0.2, 0.25) is 0 Å². The van der Waals surface area contributed by atoms with E-state index in [1.807, 2.05) is 36.4 Å². The Balaban J connectivity index is 1.55. The van der Waals surface area contributed by atoms with Crippen molar-refractivity contribution in [1.82, 2.24) is 10.3 Å². The molecule has 3 aromatic carbocycles. The predicted molar refractivity (Wildman–Crippen MR) is 158 cm³/mol. The molecule has 1 fully saturated rings. The van der Waals surface area contributed by atoms with Gasteiger partial charge in [0.2, 0.25) is 0 Å². The van der Waals surface area contributed by atoms with Gasteiger partial charge in [-0.2, -0.15) is 0 Å². The topological polar surface area (TPSA) is 110 Å². The molecule has 1 aliphatic heterocycles. The number of nitrogens with one attached hydrogen (secondary N) is 3. The SMILES string of the molecule is COc1cccc(-c2c(C(=O)NC3CCOCC3)[nH]c3ccc(S(=O)(=O)Nc4ccc(C(C)(C)C)cc4)cc23)c1. The summed E-state index contributed by atoms with van der Waals surface area (Å²) in [7, 11) is -2.32. The number of hydrogen-bond donors (Lipinski definition) is 3. The smallest absolute Gasteiger partial charge is 0.268 e. The number of aromatic amines is 1. The molecule has 1 amide bonds. The van der Waals surface area contributed by atoms with Gasteiger partial charge in [0, 0.05) is 41.4 Å². The Kier molecular flexibility index (Phi) is 7.61. The highest BCUT2D eigenvalue weighted by Gasteiger charge is 2.25. The van der Waals surface area contributed by atoms with E-state index in [0.29, 0.717) is 46.8 Å². The molecule has 5 rings (SSSR count). The zero-order valence-electron chi connectivity index (χ0n) is 23.2. The van der Waals surface area contributed by atoms with E-state index in [2.05, 4.69) is 35.8 Å². The number of ether oxygens (including phenoxy) is 2. The van der Waals surface area contributed by atoms with Crippen molar-refractivity contribution in [2.45, 2.75) is 50.0 Å². The van der Waals surface area contributed by atoms with Gasteiger partial charge in [-0.15, -0.1) is 0 Å². The quantitative estimate of drug-likeness (QED) is 0.262. The van der Waals surface area contributed by atoms with Crippen LogP contribution >= 0.6 is 0 Å². The number of aromatic nitrogens is 1. The van der Waals surface area contributed by atoms with Crippen molar-refractivity contribution in [2.75, 3.05) is 25.0 Å². The van der Waals surface area contributed by atoms with Gasteiger partial charge in [0.25, 0.3) is 15.9 Å². The second kappa shape index (κ2) is 11.0. The molecule has 0 bridgehead atoms. The molecule has 0 radical (unpaired) electrons. The van der Waals surface area contributed by atoms with Crippen LogP contribution in [-0.2, 0) is 20.2 Å². The van der Waals surface area contributed by atoms with Crippen LogP contribution in [0.1, 0.15) is 49.7 Å². The van der Waals surface area contributed by atoms with E-state index in [1.165, 1.54) is 0 Å². The molecule has 0 atom stereocenters. The van der Waals surface area contributed by atoms with Gasteiger partial charge in [0.05, 0.1) is 12.0 Å². The van der Waals surface area contributed by atoms with Crippen molar-refractivity contribution in [3.8, 4) is 16.9 Å². The molecule has 2 heterocycles. The number of methoxy groups -OCH3 is 1. The number of carbonyl (C=O) groups excluding carboxylic acids is 1. The van der Waals surface area contributed by atoms with Gasteiger partial charge >= 0.3 is 0 Å². The van der Waals surface area contributed by atoms with Gasteiger partial charge in [-0.05, 0) is 71.8 Å². The Hall–Kier alpha value is -3.82. The van der Waals surface area contributed by atoms with Crippen molar-refractivity contribution in [2.24, 2.45) is 0 Å². The van der Waals surface area contributed by atoms with Crippen molar-refractivity contribution in [1.29, 1.82) is 0 Å². The average molecular weight is 562 g/mol. The maximum atomic E-state index is 13.5. The molecule has 3 N–H and O–H groups in total. The summed E-state index contributed by atoms with van der Waals surface area (Å²) in [5.74, 6) is 0.383. The normalized spacial score (nSPS) is 14.7. The van der Waals surface area contributed by atoms with Gasteiger partial charge in [0.1, 0.15) is 11.4 Å². The van der Waals surface area contributed by atoms with Crippen LogP contribution in [0.25, 0.3) is 22.0 Å². The minimum atomic E-state index is -3.90. The van der Waals surface area contributed by atoms with E-state index >= 15 is 0 Å². The fraction of sp³-hybridized carbons (Fsp3) is 0.323. The van der Waals surface area contributed by atoms with Crippen LogP contribution in [0.5, 0.6) is 5.75 Å². The molecule has 0 spiro atoms. The third-order valence-corrected chi connectivity index (χ3v) is 8.60. The first kappa shape index (κ1) is 27.7. The minimum absolute atomic E-state index is 0.00984. The van der Waals surface area contributed by atoms with E-state index in [1.54, 1.807) is 37.4 Å². The van der Waals surface area contributed by atoms with Crippen molar-refractivity contribution >= 4 is 32.5 Å². The third-order valence-electron chi connectivity index (χ3n) is 7.23. The Morgan fingerprint density at radius 3 is 2.40 bits per heavy atom. The molecule has 1 aliphatic rings.